The van der Waals surface area contributed by atoms with E-state index in [2.05, 4.69) is 25.1 Å². The Hall–Kier alpha value is -4.90. The van der Waals surface area contributed by atoms with Crippen molar-refractivity contribution in [3.05, 3.63) is 40.4 Å². The Labute approximate surface area is 341 Å². The number of hydroxylamine groups is 2. The van der Waals surface area contributed by atoms with Gasteiger partial charge < -0.3 is 36.2 Å². The van der Waals surface area contributed by atoms with E-state index in [0.717, 1.165) is 48.6 Å². The average Bonchev–Trinajstić information content (AvgIpc) is 3.72. The number of nitrogens with two attached hydrogens (primary N) is 2. The van der Waals surface area contributed by atoms with Gasteiger partial charge >= 0.3 is 16.5 Å². The summed E-state index contributed by atoms with van der Waals surface area (Å²) in [6.45, 7) is 15.3. The van der Waals surface area contributed by atoms with Crippen LogP contribution in [0.3, 0.4) is 0 Å². The lowest BCUT2D eigenvalue weighted by molar-refractivity contribution is -0.218. The molecule has 3 heterocycles. The first-order valence-corrected chi connectivity index (χ1v) is 20.7. The molecular formula is C36H54N8O12S2. The Morgan fingerprint density at radius 1 is 1.21 bits per heavy atom. The van der Waals surface area contributed by atoms with E-state index in [0.29, 0.717) is 36.0 Å². The number of benzene rings is 1. The van der Waals surface area contributed by atoms with E-state index in [9.17, 15) is 22.8 Å². The summed E-state index contributed by atoms with van der Waals surface area (Å²) in [5, 5.41) is 18.5. The van der Waals surface area contributed by atoms with Crippen molar-refractivity contribution in [2.24, 2.45) is 21.6 Å². The molecule has 3 amide bonds. The van der Waals surface area contributed by atoms with Crippen LogP contribution in [0.15, 0.2) is 33.7 Å². The molecule has 1 aromatic carbocycles. The van der Waals surface area contributed by atoms with Crippen molar-refractivity contribution in [1.82, 2.24) is 15.4 Å². The number of carbonyl (C=O) groups excluding carboxylic acids is 3. The smallest absolute Gasteiger partial charge is 0.418 e. The first-order valence-electron chi connectivity index (χ1n) is 18.5. The first kappa shape index (κ1) is 47.5. The van der Waals surface area contributed by atoms with Crippen molar-refractivity contribution in [2.75, 3.05) is 11.9 Å². The highest BCUT2D eigenvalue weighted by Gasteiger charge is 2.58. The van der Waals surface area contributed by atoms with Gasteiger partial charge in [0.25, 0.3) is 17.8 Å². The lowest BCUT2D eigenvalue weighted by Crippen LogP contribution is -2.76. The van der Waals surface area contributed by atoms with Gasteiger partial charge in [-0.1, -0.05) is 19.0 Å². The molecule has 2 fully saturated rings. The number of carboxylic acids is 1. The molecule has 322 valence electrons. The molecule has 1 saturated carbocycles. The summed E-state index contributed by atoms with van der Waals surface area (Å²) in [5.74, 6) is -1.57. The minimum atomic E-state index is -5.01. The van der Waals surface area contributed by atoms with Gasteiger partial charge in [-0.25, -0.2) is 9.78 Å². The molecule has 0 bridgehead atoms. The molecular weight excluding hydrogens is 801 g/mol. The van der Waals surface area contributed by atoms with Crippen LogP contribution >= 0.6 is 11.3 Å². The molecule has 58 heavy (non-hydrogen) atoms. The SMILES string of the molecule is CC.CC(=O)O.CC(O/N=C(\C(=O)NC1C(=O)N(OS(=O)(=O)O)C1(C)C)c1csc(NC(=O)OC(C)(C)C)n1)C1CCc2cc(C(N)=NC3(CCN)CC3)ccc2O1. The fraction of sp³-hybridized carbons (Fsp3) is 0.583. The maximum absolute atomic E-state index is 13.7. The average molecular weight is 855 g/mol. The maximum atomic E-state index is 13.7. The Morgan fingerprint density at radius 3 is 2.40 bits per heavy atom. The molecule has 1 aliphatic carbocycles. The van der Waals surface area contributed by atoms with E-state index in [1.165, 1.54) is 19.2 Å². The number of ether oxygens (including phenoxy) is 2. The number of aryl methyl sites for hydroxylation is 1. The second-order valence-corrected chi connectivity index (χ2v) is 16.8. The van der Waals surface area contributed by atoms with E-state index in [1.807, 2.05) is 32.0 Å². The van der Waals surface area contributed by atoms with Crippen LogP contribution in [0.25, 0.3) is 0 Å². The number of nitrogens with one attached hydrogen (secondary N) is 2. The first-order chi connectivity index (χ1) is 26.9. The van der Waals surface area contributed by atoms with Gasteiger partial charge in [-0.05, 0) is 104 Å². The van der Waals surface area contributed by atoms with Gasteiger partial charge in [0, 0.05) is 17.9 Å². The molecule has 22 heteroatoms. The lowest BCUT2D eigenvalue weighted by atomic mass is 9.84. The summed E-state index contributed by atoms with van der Waals surface area (Å²) in [4.78, 5) is 62.6. The Kier molecular flexibility index (Phi) is 15.7. The Morgan fingerprint density at radius 2 is 1.84 bits per heavy atom. The minimum Gasteiger partial charge on any atom is -0.486 e. The molecule has 20 nitrogen and oxygen atoms in total. The monoisotopic (exact) mass is 854 g/mol. The molecule has 8 N–H and O–H groups in total. The fourth-order valence-corrected chi connectivity index (χ4v) is 6.84. The second-order valence-electron chi connectivity index (χ2n) is 14.9. The van der Waals surface area contributed by atoms with Gasteiger partial charge in [-0.2, -0.15) is 13.5 Å². The van der Waals surface area contributed by atoms with Gasteiger partial charge in [0.15, 0.2) is 16.9 Å². The number of carboxylic acid groups (broad SMARTS) is 1. The Balaban J connectivity index is 0.00000141. The summed E-state index contributed by atoms with van der Waals surface area (Å²) in [7, 11) is -5.01. The number of amidine groups is 1. The van der Waals surface area contributed by atoms with E-state index in [4.69, 9.17) is 45.2 Å². The normalized spacial score (nSPS) is 19.9. The van der Waals surface area contributed by atoms with Gasteiger partial charge in [-0.15, -0.1) is 15.6 Å². The molecule has 1 aromatic heterocycles. The van der Waals surface area contributed by atoms with Crippen molar-refractivity contribution < 1.29 is 55.9 Å². The van der Waals surface area contributed by atoms with Gasteiger partial charge in [0.2, 0.25) is 0 Å². The number of oxime groups is 1. The number of aliphatic carboxylic acids is 1. The number of thiazole rings is 1. The van der Waals surface area contributed by atoms with Crippen LogP contribution in [0, 0.1) is 0 Å². The number of nitrogens with zero attached hydrogens (tertiary/aromatic N) is 4. The van der Waals surface area contributed by atoms with Crippen LogP contribution in [0.4, 0.5) is 9.93 Å². The fourth-order valence-electron chi connectivity index (χ4n) is 5.71. The summed E-state index contributed by atoms with van der Waals surface area (Å²) < 4.78 is 47.5. The van der Waals surface area contributed by atoms with Gasteiger partial charge in [0.05, 0.1) is 11.1 Å². The van der Waals surface area contributed by atoms with E-state index in [1.54, 1.807) is 27.7 Å². The number of carbonyl (C=O) groups is 4. The van der Waals surface area contributed by atoms with E-state index >= 15 is 0 Å². The largest absolute Gasteiger partial charge is 0.486 e. The molecule has 5 rings (SSSR count). The van der Waals surface area contributed by atoms with Crippen LogP contribution in [-0.4, -0.2) is 105 Å². The predicted molar refractivity (Wildman–Crippen MR) is 215 cm³/mol. The molecule has 0 spiro atoms. The van der Waals surface area contributed by atoms with Crippen molar-refractivity contribution in [3.8, 4) is 5.75 Å². The highest BCUT2D eigenvalue weighted by Crippen LogP contribution is 2.43. The third-order valence-corrected chi connectivity index (χ3v) is 9.75. The van der Waals surface area contributed by atoms with Crippen LogP contribution in [-0.2, 0) is 45.1 Å². The third kappa shape index (κ3) is 13.1. The third-order valence-electron chi connectivity index (χ3n) is 8.65. The van der Waals surface area contributed by atoms with Crippen molar-refractivity contribution in [1.29, 1.82) is 0 Å². The van der Waals surface area contributed by atoms with Crippen LogP contribution in [0.1, 0.15) is 105 Å². The number of anilines is 1. The topological polar surface area (TPSA) is 297 Å². The molecule has 2 aromatic rings. The van der Waals surface area contributed by atoms with E-state index in [-0.39, 0.29) is 22.1 Å². The highest BCUT2D eigenvalue weighted by molar-refractivity contribution is 7.80. The number of rotatable bonds is 13. The lowest BCUT2D eigenvalue weighted by Gasteiger charge is -2.50. The number of hydrogen-bond acceptors (Lipinski definition) is 15. The summed E-state index contributed by atoms with van der Waals surface area (Å²) in [6.07, 6.45) is 2.03. The quantitative estimate of drug-likeness (QED) is 0.0552. The highest BCUT2D eigenvalue weighted by atomic mass is 32.3. The standard InChI is InChI=1S/C32H44N8O10S2.C2H4O2.C2H6/c1-17(21-9-7-18-15-19(8-10-22(18)47-21)25(34)38-32(11-12-32)13-14-33)49-39-23(20-16-51-28(35-20)37-29(43)48-30(2,3)4)26(41)36-24-27(42)40(31(24,5)6)50-52(44,45)46;1-2(3)4;1-2/h8,10,15-17,21,24H,7,9,11-14,33H2,1-6H3,(H2,34,38)(H,36,41)(H,35,37,43)(H,44,45,46);1H3,(H,3,4);1-2H3/b39-23-;;. The molecule has 2 aliphatic heterocycles. The predicted octanol–water partition coefficient (Wildman–Crippen LogP) is 3.54. The summed E-state index contributed by atoms with van der Waals surface area (Å²) in [5.41, 5.74) is 11.2. The zero-order valence-electron chi connectivity index (χ0n) is 34.0. The molecule has 3 unspecified atom stereocenters. The van der Waals surface area contributed by atoms with Crippen molar-refractivity contribution >= 4 is 62.3 Å². The van der Waals surface area contributed by atoms with Gasteiger partial charge in [0.1, 0.15) is 35.0 Å². The minimum absolute atomic E-state index is 0.00231. The Bertz CT molecular complexity index is 1990. The summed E-state index contributed by atoms with van der Waals surface area (Å²) in [6, 6.07) is 4.37. The van der Waals surface area contributed by atoms with Crippen LogP contribution in [0.5, 0.6) is 5.75 Å². The molecule has 3 atom stereocenters. The number of aromatic nitrogens is 1. The van der Waals surface area contributed by atoms with E-state index < -0.39 is 63.7 Å². The number of aliphatic imine (C=N–C) groups is 1. The summed E-state index contributed by atoms with van der Waals surface area (Å²) >= 11 is 0.985. The second kappa shape index (κ2) is 19.2. The number of hydrogen-bond donors (Lipinski definition) is 6. The number of β-lactam (4-membered cyclic amide) rings is 1. The maximum Gasteiger partial charge on any atom is 0.418 e. The zero-order chi connectivity index (χ0) is 43.8. The van der Waals surface area contributed by atoms with Crippen molar-refractivity contribution in [3.63, 3.8) is 0 Å². The van der Waals surface area contributed by atoms with Crippen LogP contribution < -0.4 is 26.8 Å². The zero-order valence-corrected chi connectivity index (χ0v) is 35.7. The van der Waals surface area contributed by atoms with Gasteiger partial charge in [-0.3, -0.25) is 29.2 Å². The number of amides is 3. The van der Waals surface area contributed by atoms with Crippen molar-refractivity contribution in [2.45, 2.75) is 129 Å². The number of fused-ring (bicyclic) bond motifs is 1. The van der Waals surface area contributed by atoms with Crippen LogP contribution in [0.2, 0.25) is 0 Å². The molecule has 1 saturated heterocycles. The molecule has 0 radical (unpaired) electrons. The molecule has 3 aliphatic rings.